The zero-order valence-electron chi connectivity index (χ0n) is 12.1. The Morgan fingerprint density at radius 1 is 1.27 bits per heavy atom. The van der Waals surface area contributed by atoms with E-state index < -0.39 is 11.6 Å². The first-order valence-electron chi connectivity index (χ1n) is 6.47. The number of nitrogens with zero attached hydrogens (tertiary/aromatic N) is 1. The molecule has 0 aliphatic heterocycles. The minimum atomic E-state index is -0.708. The van der Waals surface area contributed by atoms with E-state index in [1.165, 1.54) is 31.0 Å². The molecule has 0 aliphatic carbocycles. The normalized spacial score (nSPS) is 10.3. The highest BCUT2D eigenvalue weighted by Crippen LogP contribution is 2.35. The molecule has 114 valence electrons. The Bertz CT molecular complexity index is 693. The Kier molecular flexibility index (Phi) is 5.33. The summed E-state index contributed by atoms with van der Waals surface area (Å²) >= 11 is 1.43. The summed E-state index contributed by atoms with van der Waals surface area (Å²) in [7, 11) is 1.23. The molecule has 0 radical (unpaired) electrons. The van der Waals surface area contributed by atoms with Crippen molar-refractivity contribution in [1.82, 2.24) is 0 Å². The van der Waals surface area contributed by atoms with Gasteiger partial charge < -0.3 is 4.74 Å². The van der Waals surface area contributed by atoms with Gasteiger partial charge >= 0.3 is 0 Å². The van der Waals surface area contributed by atoms with E-state index in [1.54, 1.807) is 6.08 Å². The number of rotatable bonds is 6. The van der Waals surface area contributed by atoms with E-state index in [-0.39, 0.29) is 5.75 Å². The number of methoxy groups -OCH3 is 1. The number of halogens is 2. The SMILES string of the molecule is C=Cc1cccc(SCc2cc(F)c(OC)c(F)c2)c1N=C. The third-order valence-corrected chi connectivity index (χ3v) is 4.18. The van der Waals surface area contributed by atoms with Crippen LogP contribution in [0.1, 0.15) is 11.1 Å². The van der Waals surface area contributed by atoms with Crippen molar-refractivity contribution in [3.8, 4) is 5.75 Å². The van der Waals surface area contributed by atoms with Crippen LogP contribution in [-0.4, -0.2) is 13.8 Å². The fourth-order valence-corrected chi connectivity index (χ4v) is 3.02. The molecule has 0 aromatic heterocycles. The van der Waals surface area contributed by atoms with Crippen LogP contribution in [0.2, 0.25) is 0 Å². The molecular formula is C17H15F2NOS. The maximum atomic E-state index is 13.7. The van der Waals surface area contributed by atoms with Gasteiger partial charge in [-0.2, -0.15) is 0 Å². The van der Waals surface area contributed by atoms with Crippen molar-refractivity contribution in [3.05, 3.63) is 59.7 Å². The number of hydrogen-bond acceptors (Lipinski definition) is 3. The zero-order valence-corrected chi connectivity index (χ0v) is 12.9. The lowest BCUT2D eigenvalue weighted by Crippen LogP contribution is -1.95. The van der Waals surface area contributed by atoms with Gasteiger partial charge in [0.1, 0.15) is 0 Å². The van der Waals surface area contributed by atoms with E-state index in [4.69, 9.17) is 0 Å². The maximum Gasteiger partial charge on any atom is 0.190 e. The first-order chi connectivity index (χ1) is 10.6. The van der Waals surface area contributed by atoms with Crippen LogP contribution >= 0.6 is 11.8 Å². The highest BCUT2D eigenvalue weighted by molar-refractivity contribution is 7.98. The van der Waals surface area contributed by atoms with Gasteiger partial charge in [-0.15, -0.1) is 11.8 Å². The first-order valence-corrected chi connectivity index (χ1v) is 7.46. The van der Waals surface area contributed by atoms with Crippen molar-refractivity contribution < 1.29 is 13.5 Å². The van der Waals surface area contributed by atoms with Crippen LogP contribution in [-0.2, 0) is 5.75 Å². The van der Waals surface area contributed by atoms with E-state index in [9.17, 15) is 8.78 Å². The molecule has 2 aromatic carbocycles. The third-order valence-electron chi connectivity index (χ3n) is 3.06. The molecule has 0 heterocycles. The molecule has 0 N–H and O–H groups in total. The molecule has 0 unspecified atom stereocenters. The van der Waals surface area contributed by atoms with E-state index >= 15 is 0 Å². The number of ether oxygens (including phenoxy) is 1. The van der Waals surface area contributed by atoms with E-state index in [1.807, 2.05) is 18.2 Å². The number of para-hydroxylation sites is 1. The van der Waals surface area contributed by atoms with Crippen molar-refractivity contribution in [2.24, 2.45) is 4.99 Å². The van der Waals surface area contributed by atoms with Crippen LogP contribution in [0.4, 0.5) is 14.5 Å². The summed E-state index contributed by atoms with van der Waals surface area (Å²) in [5.74, 6) is -1.38. The highest BCUT2D eigenvalue weighted by atomic mass is 32.2. The molecule has 2 aromatic rings. The summed E-state index contributed by atoms with van der Waals surface area (Å²) in [6, 6.07) is 8.19. The minimum Gasteiger partial charge on any atom is -0.491 e. The standard InChI is InChI=1S/C17H15F2NOS/c1-4-12-6-5-7-15(16(12)20-2)22-10-11-8-13(18)17(21-3)14(19)9-11/h4-9H,1-2,10H2,3H3. The van der Waals surface area contributed by atoms with Gasteiger partial charge in [0.25, 0.3) is 0 Å². The quantitative estimate of drug-likeness (QED) is 0.536. The monoisotopic (exact) mass is 319 g/mol. The molecule has 0 saturated carbocycles. The highest BCUT2D eigenvalue weighted by Gasteiger charge is 2.12. The lowest BCUT2D eigenvalue weighted by molar-refractivity contribution is 0.359. The average molecular weight is 319 g/mol. The van der Waals surface area contributed by atoms with Crippen LogP contribution in [0.3, 0.4) is 0 Å². The third kappa shape index (κ3) is 3.36. The molecule has 5 heteroatoms. The number of aliphatic imine (C=N–C) groups is 1. The number of hydrogen-bond donors (Lipinski definition) is 0. The molecule has 0 spiro atoms. The van der Waals surface area contributed by atoms with Gasteiger partial charge in [-0.3, -0.25) is 4.99 Å². The van der Waals surface area contributed by atoms with Gasteiger partial charge in [-0.05, 0) is 30.5 Å². The lowest BCUT2D eigenvalue weighted by atomic mass is 10.2. The van der Waals surface area contributed by atoms with Crippen molar-refractivity contribution in [2.75, 3.05) is 7.11 Å². The van der Waals surface area contributed by atoms with Gasteiger partial charge in [0, 0.05) is 16.2 Å². The van der Waals surface area contributed by atoms with Gasteiger partial charge in [-0.25, -0.2) is 8.78 Å². The van der Waals surface area contributed by atoms with Gasteiger partial charge in [0.05, 0.1) is 12.8 Å². The topological polar surface area (TPSA) is 21.6 Å². The molecule has 0 bridgehead atoms. The van der Waals surface area contributed by atoms with Crippen LogP contribution in [0, 0.1) is 11.6 Å². The number of benzene rings is 2. The smallest absolute Gasteiger partial charge is 0.190 e. The fourth-order valence-electron chi connectivity index (χ4n) is 2.04. The number of thioether (sulfide) groups is 1. The molecule has 0 fully saturated rings. The van der Waals surface area contributed by atoms with Crippen molar-refractivity contribution in [1.29, 1.82) is 0 Å². The van der Waals surface area contributed by atoms with E-state index in [0.717, 1.165) is 16.1 Å². The van der Waals surface area contributed by atoms with E-state index in [2.05, 4.69) is 23.0 Å². The van der Waals surface area contributed by atoms with Crippen LogP contribution in [0.25, 0.3) is 6.08 Å². The second kappa shape index (κ2) is 7.22. The largest absolute Gasteiger partial charge is 0.491 e. The van der Waals surface area contributed by atoms with Crippen LogP contribution in [0.5, 0.6) is 5.75 Å². The second-order valence-corrected chi connectivity index (χ2v) is 5.45. The molecular weight excluding hydrogens is 304 g/mol. The van der Waals surface area contributed by atoms with Gasteiger partial charge in [0.15, 0.2) is 17.4 Å². The molecule has 22 heavy (non-hydrogen) atoms. The Hall–Kier alpha value is -2.14. The summed E-state index contributed by atoms with van der Waals surface area (Å²) in [6.45, 7) is 7.29. The van der Waals surface area contributed by atoms with Crippen molar-refractivity contribution in [3.63, 3.8) is 0 Å². The Balaban J connectivity index is 2.24. The van der Waals surface area contributed by atoms with E-state index in [0.29, 0.717) is 11.3 Å². The van der Waals surface area contributed by atoms with Gasteiger partial charge in [0.2, 0.25) is 0 Å². The zero-order chi connectivity index (χ0) is 16.1. The minimum absolute atomic E-state index is 0.365. The predicted molar refractivity (Wildman–Crippen MR) is 88.2 cm³/mol. The lowest BCUT2D eigenvalue weighted by Gasteiger charge is -2.09. The second-order valence-electron chi connectivity index (χ2n) is 4.44. The summed E-state index contributed by atoms with van der Waals surface area (Å²) in [5.41, 5.74) is 2.11. The van der Waals surface area contributed by atoms with Gasteiger partial charge in [-0.1, -0.05) is 24.8 Å². The molecule has 0 aliphatic rings. The van der Waals surface area contributed by atoms with Crippen molar-refractivity contribution in [2.45, 2.75) is 10.6 Å². The molecule has 2 nitrogen and oxygen atoms in total. The van der Waals surface area contributed by atoms with Crippen molar-refractivity contribution >= 4 is 30.2 Å². The molecule has 2 rings (SSSR count). The summed E-state index contributed by atoms with van der Waals surface area (Å²) in [4.78, 5) is 4.88. The summed E-state index contributed by atoms with van der Waals surface area (Å²) in [5, 5.41) is 0. The predicted octanol–water partition coefficient (Wildman–Crippen LogP) is 5.24. The summed E-state index contributed by atoms with van der Waals surface area (Å²) in [6.07, 6.45) is 1.70. The summed E-state index contributed by atoms with van der Waals surface area (Å²) < 4.78 is 32.0. The molecule has 0 atom stereocenters. The Labute approximate surface area is 132 Å². The average Bonchev–Trinajstić information content (AvgIpc) is 2.52. The maximum absolute atomic E-state index is 13.7. The fraction of sp³-hybridized carbons (Fsp3) is 0.118. The Morgan fingerprint density at radius 2 is 1.95 bits per heavy atom. The first kappa shape index (κ1) is 16.2. The Morgan fingerprint density at radius 3 is 2.50 bits per heavy atom. The van der Waals surface area contributed by atoms with Crippen LogP contribution in [0.15, 0.2) is 46.8 Å². The van der Waals surface area contributed by atoms with Crippen LogP contribution < -0.4 is 4.74 Å². The molecule has 0 amide bonds. The molecule has 0 saturated heterocycles.